The van der Waals surface area contributed by atoms with Crippen molar-refractivity contribution in [3.8, 4) is 0 Å². The Morgan fingerprint density at radius 3 is 3.22 bits per heavy atom. The molecule has 3 N–H and O–H groups in total. The summed E-state index contributed by atoms with van der Waals surface area (Å²) in [4.78, 5) is 23.7. The number of pyridine rings is 1. The first kappa shape index (κ1) is 11.7. The van der Waals surface area contributed by atoms with Crippen molar-refractivity contribution in [3.63, 3.8) is 0 Å². The van der Waals surface area contributed by atoms with Gasteiger partial charge in [0.15, 0.2) is 5.65 Å². The summed E-state index contributed by atoms with van der Waals surface area (Å²) in [6.45, 7) is 0.467. The number of hydrogen-bond acceptors (Lipinski definition) is 5. The van der Waals surface area contributed by atoms with Gasteiger partial charge in [0.1, 0.15) is 5.82 Å². The predicted octanol–water partition coefficient (Wildman–Crippen LogP) is 0.609. The van der Waals surface area contributed by atoms with Crippen molar-refractivity contribution in [2.75, 3.05) is 12.3 Å². The summed E-state index contributed by atoms with van der Waals surface area (Å²) >= 11 is 1.85. The van der Waals surface area contributed by atoms with Gasteiger partial charge in [0.05, 0.1) is 5.39 Å². The zero-order valence-corrected chi connectivity index (χ0v) is 10.7. The van der Waals surface area contributed by atoms with Gasteiger partial charge in [0.25, 0.3) is 5.56 Å². The highest BCUT2D eigenvalue weighted by atomic mass is 32.2. The minimum absolute atomic E-state index is 0.0877. The van der Waals surface area contributed by atoms with Crippen molar-refractivity contribution in [3.05, 3.63) is 33.5 Å². The van der Waals surface area contributed by atoms with E-state index in [0.717, 1.165) is 23.5 Å². The van der Waals surface area contributed by atoms with Crippen LogP contribution < -0.4 is 11.3 Å². The lowest BCUT2D eigenvalue weighted by Gasteiger charge is -2.16. The van der Waals surface area contributed by atoms with Gasteiger partial charge in [0.2, 0.25) is 0 Å². The summed E-state index contributed by atoms with van der Waals surface area (Å²) in [7, 11) is 0. The number of aromatic nitrogens is 3. The molecule has 0 atom stereocenters. The van der Waals surface area contributed by atoms with Crippen molar-refractivity contribution in [2.24, 2.45) is 5.73 Å². The van der Waals surface area contributed by atoms with Gasteiger partial charge in [-0.1, -0.05) is 0 Å². The molecule has 5 nitrogen and oxygen atoms in total. The fourth-order valence-electron chi connectivity index (χ4n) is 2.24. The smallest absolute Gasteiger partial charge is 0.260 e. The molecule has 0 amide bonds. The zero-order chi connectivity index (χ0) is 12.5. The molecular weight excluding hydrogens is 248 g/mol. The van der Waals surface area contributed by atoms with Crippen LogP contribution in [0.5, 0.6) is 0 Å². The van der Waals surface area contributed by atoms with Crippen LogP contribution in [0, 0.1) is 0 Å². The van der Waals surface area contributed by atoms with E-state index in [1.165, 1.54) is 5.56 Å². The predicted molar refractivity (Wildman–Crippen MR) is 72.8 cm³/mol. The Balaban J connectivity index is 2.26. The molecule has 0 saturated heterocycles. The minimum atomic E-state index is -0.0877. The molecular formula is C12H14N4OS. The van der Waals surface area contributed by atoms with Crippen LogP contribution in [-0.4, -0.2) is 27.2 Å². The fourth-order valence-corrected chi connectivity index (χ4v) is 3.28. The maximum Gasteiger partial charge on any atom is 0.260 e. The Bertz CT molecular complexity index is 652. The number of rotatable bonds is 2. The van der Waals surface area contributed by atoms with Crippen molar-refractivity contribution in [1.82, 2.24) is 15.0 Å². The number of nitrogens with two attached hydrogens (primary N) is 1. The standard InChI is InChI=1S/C12H14N4OS/c13-3-1-9-15-11-10(12(17)16-9)8-6-18-4-2-7(8)5-14-11/h5H,1-4,6,13H2,(H,14,15,16,17). The number of nitrogens with zero attached hydrogens (tertiary/aromatic N) is 2. The molecule has 0 bridgehead atoms. The molecule has 94 valence electrons. The van der Waals surface area contributed by atoms with E-state index < -0.39 is 0 Å². The SMILES string of the molecule is NCCc1nc2ncc3c(c2c(=O)[nH]1)CSCC3. The lowest BCUT2D eigenvalue weighted by Crippen LogP contribution is -2.18. The van der Waals surface area contributed by atoms with Crippen LogP contribution in [0.15, 0.2) is 11.0 Å². The van der Waals surface area contributed by atoms with Gasteiger partial charge in [-0.15, -0.1) is 0 Å². The molecule has 2 aromatic rings. The zero-order valence-electron chi connectivity index (χ0n) is 9.90. The van der Waals surface area contributed by atoms with Crippen LogP contribution in [-0.2, 0) is 18.6 Å². The largest absolute Gasteiger partial charge is 0.330 e. The third-order valence-corrected chi connectivity index (χ3v) is 4.11. The van der Waals surface area contributed by atoms with Crippen LogP contribution in [0.25, 0.3) is 11.0 Å². The van der Waals surface area contributed by atoms with Gasteiger partial charge in [-0.2, -0.15) is 11.8 Å². The van der Waals surface area contributed by atoms with E-state index >= 15 is 0 Å². The lowest BCUT2D eigenvalue weighted by atomic mass is 10.1. The molecule has 2 aromatic heterocycles. The highest BCUT2D eigenvalue weighted by molar-refractivity contribution is 7.98. The molecule has 18 heavy (non-hydrogen) atoms. The molecule has 1 aliphatic heterocycles. The van der Waals surface area contributed by atoms with E-state index in [1.54, 1.807) is 0 Å². The number of H-pyrrole nitrogens is 1. The van der Waals surface area contributed by atoms with Gasteiger partial charge >= 0.3 is 0 Å². The number of fused-ring (bicyclic) bond motifs is 3. The summed E-state index contributed by atoms with van der Waals surface area (Å²) < 4.78 is 0. The molecule has 0 aliphatic carbocycles. The summed E-state index contributed by atoms with van der Waals surface area (Å²) in [6.07, 6.45) is 3.40. The number of thioether (sulfide) groups is 1. The Labute approximate surface area is 108 Å². The normalized spacial score (nSPS) is 14.7. The molecule has 1 aliphatic rings. The van der Waals surface area contributed by atoms with Gasteiger partial charge in [-0.3, -0.25) is 4.79 Å². The van der Waals surface area contributed by atoms with Crippen LogP contribution >= 0.6 is 11.8 Å². The molecule has 0 saturated carbocycles. The second kappa shape index (κ2) is 4.70. The summed E-state index contributed by atoms with van der Waals surface area (Å²) in [5.41, 5.74) is 8.22. The molecule has 0 unspecified atom stereocenters. The molecule has 0 spiro atoms. The van der Waals surface area contributed by atoms with Crippen LogP contribution in [0.4, 0.5) is 0 Å². The lowest BCUT2D eigenvalue weighted by molar-refractivity contribution is 0.864. The van der Waals surface area contributed by atoms with Crippen molar-refractivity contribution >= 4 is 22.8 Å². The topological polar surface area (TPSA) is 84.7 Å². The summed E-state index contributed by atoms with van der Waals surface area (Å²) in [5.74, 6) is 2.58. The first-order chi connectivity index (χ1) is 8.79. The van der Waals surface area contributed by atoms with Crippen molar-refractivity contribution in [2.45, 2.75) is 18.6 Å². The number of aromatic amines is 1. The monoisotopic (exact) mass is 262 g/mol. The number of aryl methyl sites for hydroxylation is 1. The van der Waals surface area contributed by atoms with Crippen LogP contribution in [0.1, 0.15) is 17.0 Å². The van der Waals surface area contributed by atoms with Gasteiger partial charge in [-0.25, -0.2) is 9.97 Å². The molecule has 6 heteroatoms. The Morgan fingerprint density at radius 2 is 2.39 bits per heavy atom. The maximum atomic E-state index is 12.2. The van der Waals surface area contributed by atoms with Gasteiger partial charge < -0.3 is 10.7 Å². The van der Waals surface area contributed by atoms with Crippen molar-refractivity contribution < 1.29 is 0 Å². The molecule has 0 aromatic carbocycles. The quantitative estimate of drug-likeness (QED) is 0.828. The second-order valence-corrected chi connectivity index (χ2v) is 5.42. The number of hydrogen-bond donors (Lipinski definition) is 2. The van der Waals surface area contributed by atoms with E-state index in [9.17, 15) is 4.79 Å². The van der Waals surface area contributed by atoms with Gasteiger partial charge in [0, 0.05) is 18.4 Å². The Hall–Kier alpha value is -1.40. The highest BCUT2D eigenvalue weighted by Crippen LogP contribution is 2.27. The van der Waals surface area contributed by atoms with Gasteiger partial charge in [-0.05, 0) is 29.8 Å². The van der Waals surface area contributed by atoms with E-state index in [4.69, 9.17) is 5.73 Å². The van der Waals surface area contributed by atoms with Crippen LogP contribution in [0.2, 0.25) is 0 Å². The average Bonchev–Trinajstić information content (AvgIpc) is 2.38. The average molecular weight is 262 g/mol. The maximum absolute atomic E-state index is 12.2. The third-order valence-electron chi connectivity index (χ3n) is 3.12. The highest BCUT2D eigenvalue weighted by Gasteiger charge is 2.17. The Kier molecular flexibility index (Phi) is 3.05. The van der Waals surface area contributed by atoms with E-state index in [1.807, 2.05) is 18.0 Å². The third kappa shape index (κ3) is 1.91. The summed E-state index contributed by atoms with van der Waals surface area (Å²) in [5, 5.41) is 0.653. The minimum Gasteiger partial charge on any atom is -0.330 e. The van der Waals surface area contributed by atoms with Crippen LogP contribution in [0.3, 0.4) is 0 Å². The fraction of sp³-hybridized carbons (Fsp3) is 0.417. The van der Waals surface area contributed by atoms with Crippen molar-refractivity contribution in [1.29, 1.82) is 0 Å². The van der Waals surface area contributed by atoms with E-state index in [-0.39, 0.29) is 5.56 Å². The van der Waals surface area contributed by atoms with E-state index in [0.29, 0.717) is 29.8 Å². The first-order valence-corrected chi connectivity index (χ1v) is 7.12. The number of nitrogens with one attached hydrogen (secondary N) is 1. The Morgan fingerprint density at radius 1 is 1.50 bits per heavy atom. The summed E-state index contributed by atoms with van der Waals surface area (Å²) in [6, 6.07) is 0. The molecule has 3 heterocycles. The first-order valence-electron chi connectivity index (χ1n) is 5.97. The molecule has 0 radical (unpaired) electrons. The molecule has 3 rings (SSSR count). The van der Waals surface area contributed by atoms with E-state index in [2.05, 4.69) is 15.0 Å². The second-order valence-electron chi connectivity index (χ2n) is 4.31. The molecule has 0 fully saturated rings.